The number of aryl methyl sites for hydroxylation is 2. The molecule has 198 valence electrons. The Morgan fingerprint density at radius 1 is 0.917 bits per heavy atom. The first-order chi connectivity index (χ1) is 16.1. The van der Waals surface area contributed by atoms with E-state index in [-0.39, 0.29) is 51.1 Å². The average molecular weight is 539 g/mol. The highest BCUT2D eigenvalue weighted by atomic mass is 35.5. The summed E-state index contributed by atoms with van der Waals surface area (Å²) in [5.74, 6) is -2.05. The number of rotatable bonds is 5. The van der Waals surface area contributed by atoms with Crippen LogP contribution in [0, 0.1) is 13.8 Å². The number of aliphatic carboxylic acids is 1. The Hall–Kier alpha value is -2.79. The predicted molar refractivity (Wildman–Crippen MR) is 122 cm³/mol. The number of carboxylic acid groups (broad SMARTS) is 1. The van der Waals surface area contributed by atoms with Crippen LogP contribution in [-0.2, 0) is 23.6 Å². The number of carbonyl (C=O) groups is 2. The van der Waals surface area contributed by atoms with Gasteiger partial charge in [-0.05, 0) is 55.2 Å². The fourth-order valence-electron chi connectivity index (χ4n) is 4.14. The van der Waals surface area contributed by atoms with Gasteiger partial charge in [-0.2, -0.15) is 26.3 Å². The molecule has 0 saturated carbocycles. The summed E-state index contributed by atoms with van der Waals surface area (Å²) in [6, 6.07) is 5.77. The van der Waals surface area contributed by atoms with Crippen molar-refractivity contribution in [2.75, 3.05) is 26.2 Å². The van der Waals surface area contributed by atoms with Crippen LogP contribution < -0.4 is 0 Å². The van der Waals surface area contributed by atoms with E-state index in [0.717, 1.165) is 16.7 Å². The van der Waals surface area contributed by atoms with Crippen LogP contribution in [0.1, 0.15) is 38.2 Å². The van der Waals surface area contributed by atoms with E-state index in [1.54, 1.807) is 4.90 Å². The van der Waals surface area contributed by atoms with Crippen molar-refractivity contribution in [1.29, 1.82) is 0 Å². The second-order valence-electron chi connectivity index (χ2n) is 8.70. The number of alkyl halides is 6. The third kappa shape index (κ3) is 7.13. The SMILES string of the molecule is Cc1ccc(CC2CN(CC(=O)O)CCN2C(=O)c2cc(C(F)(F)F)cc(C(F)(F)F)c2)cc1C.Cl. The normalized spacial score (nSPS) is 17.0. The molecule has 3 rings (SSSR count). The molecule has 2 aromatic rings. The van der Waals surface area contributed by atoms with Crippen molar-refractivity contribution in [2.24, 2.45) is 0 Å². The first kappa shape index (κ1) is 29.4. The van der Waals surface area contributed by atoms with Gasteiger partial charge >= 0.3 is 18.3 Å². The summed E-state index contributed by atoms with van der Waals surface area (Å²) in [4.78, 5) is 27.3. The van der Waals surface area contributed by atoms with Gasteiger partial charge in [0, 0.05) is 31.2 Å². The van der Waals surface area contributed by atoms with Crippen LogP contribution in [0.15, 0.2) is 36.4 Å². The van der Waals surface area contributed by atoms with Crippen molar-refractivity contribution >= 4 is 24.3 Å². The molecule has 0 spiro atoms. The molecule has 1 heterocycles. The highest BCUT2D eigenvalue weighted by Crippen LogP contribution is 2.37. The minimum absolute atomic E-state index is 0. The van der Waals surface area contributed by atoms with E-state index >= 15 is 0 Å². The van der Waals surface area contributed by atoms with Gasteiger partial charge in [0.15, 0.2) is 0 Å². The monoisotopic (exact) mass is 538 g/mol. The Balaban J connectivity index is 0.00000456. The van der Waals surface area contributed by atoms with Crippen molar-refractivity contribution in [3.63, 3.8) is 0 Å². The highest BCUT2D eigenvalue weighted by Gasteiger charge is 2.39. The Kier molecular flexibility index (Phi) is 9.06. The highest BCUT2D eigenvalue weighted by molar-refractivity contribution is 5.95. The summed E-state index contributed by atoms with van der Waals surface area (Å²) in [5, 5.41) is 9.14. The number of benzene rings is 2. The molecule has 0 aromatic heterocycles. The summed E-state index contributed by atoms with van der Waals surface area (Å²) in [6.07, 6.45) is -9.89. The van der Waals surface area contributed by atoms with Crippen molar-refractivity contribution in [3.05, 3.63) is 69.8 Å². The molecule has 1 aliphatic heterocycles. The van der Waals surface area contributed by atoms with E-state index in [1.165, 1.54) is 4.90 Å². The van der Waals surface area contributed by atoms with Crippen LogP contribution in [0.25, 0.3) is 0 Å². The van der Waals surface area contributed by atoms with Crippen LogP contribution >= 0.6 is 12.4 Å². The van der Waals surface area contributed by atoms with Crippen molar-refractivity contribution in [1.82, 2.24) is 9.80 Å². The molecule has 1 amide bonds. The van der Waals surface area contributed by atoms with Crippen molar-refractivity contribution in [2.45, 2.75) is 38.7 Å². The molecule has 1 saturated heterocycles. The standard InChI is InChI=1S/C24H24F6N2O3.ClH/c1-14-3-4-16(7-15(14)2)8-20-12-31(13-21(33)34)5-6-32(20)22(35)17-9-18(23(25,26)27)11-19(10-17)24(28,29)30;/h3-4,7,9-11,20H,5-6,8,12-13H2,1-2H3,(H,33,34);1H. The molecular weight excluding hydrogens is 514 g/mol. The average Bonchev–Trinajstić information content (AvgIpc) is 2.74. The van der Waals surface area contributed by atoms with E-state index in [9.17, 15) is 35.9 Å². The first-order valence-electron chi connectivity index (χ1n) is 10.8. The van der Waals surface area contributed by atoms with Gasteiger partial charge in [-0.1, -0.05) is 18.2 Å². The lowest BCUT2D eigenvalue weighted by Crippen LogP contribution is -2.56. The molecule has 1 fully saturated rings. The fourth-order valence-corrected chi connectivity index (χ4v) is 4.14. The molecule has 0 radical (unpaired) electrons. The minimum atomic E-state index is -5.07. The summed E-state index contributed by atoms with van der Waals surface area (Å²) in [7, 11) is 0. The van der Waals surface area contributed by atoms with Gasteiger partial charge in [0.2, 0.25) is 0 Å². The first-order valence-corrected chi connectivity index (χ1v) is 10.8. The van der Waals surface area contributed by atoms with Crippen LogP contribution in [0.4, 0.5) is 26.3 Å². The van der Waals surface area contributed by atoms with Crippen LogP contribution in [-0.4, -0.2) is 59.0 Å². The lowest BCUT2D eigenvalue weighted by Gasteiger charge is -2.41. The van der Waals surface area contributed by atoms with Gasteiger partial charge in [0.1, 0.15) is 0 Å². The number of carboxylic acids is 1. The molecule has 1 atom stereocenters. The van der Waals surface area contributed by atoms with Gasteiger partial charge in [-0.25, -0.2) is 0 Å². The van der Waals surface area contributed by atoms with Gasteiger partial charge in [-0.3, -0.25) is 14.5 Å². The number of hydrogen-bond donors (Lipinski definition) is 1. The zero-order chi connectivity index (χ0) is 26.1. The Morgan fingerprint density at radius 2 is 1.50 bits per heavy atom. The molecule has 5 nitrogen and oxygen atoms in total. The molecule has 36 heavy (non-hydrogen) atoms. The Labute approximate surface area is 210 Å². The van der Waals surface area contributed by atoms with Crippen molar-refractivity contribution < 1.29 is 41.0 Å². The fraction of sp³-hybridized carbons (Fsp3) is 0.417. The zero-order valence-corrected chi connectivity index (χ0v) is 20.2. The number of amides is 1. The van der Waals surface area contributed by atoms with E-state index in [4.69, 9.17) is 5.11 Å². The third-order valence-corrected chi connectivity index (χ3v) is 6.06. The topological polar surface area (TPSA) is 60.9 Å². The smallest absolute Gasteiger partial charge is 0.416 e. The quantitative estimate of drug-likeness (QED) is 0.531. The van der Waals surface area contributed by atoms with Crippen LogP contribution in [0.2, 0.25) is 0 Å². The lowest BCUT2D eigenvalue weighted by molar-refractivity contribution is -0.143. The largest absolute Gasteiger partial charge is 0.480 e. The van der Waals surface area contributed by atoms with E-state index < -0.39 is 47.0 Å². The number of piperazine rings is 1. The summed E-state index contributed by atoms with van der Waals surface area (Å²) >= 11 is 0. The molecule has 1 aliphatic rings. The molecular formula is C24H25ClF6N2O3. The van der Waals surface area contributed by atoms with Gasteiger partial charge in [0.05, 0.1) is 17.7 Å². The summed E-state index contributed by atoms with van der Waals surface area (Å²) in [6.45, 7) is 3.69. The van der Waals surface area contributed by atoms with E-state index in [2.05, 4.69) is 0 Å². The van der Waals surface area contributed by atoms with Gasteiger partial charge in [-0.15, -0.1) is 12.4 Å². The number of nitrogens with zero attached hydrogens (tertiary/aromatic N) is 2. The van der Waals surface area contributed by atoms with Gasteiger partial charge in [0.25, 0.3) is 5.91 Å². The zero-order valence-electron chi connectivity index (χ0n) is 19.4. The lowest BCUT2D eigenvalue weighted by atomic mass is 9.97. The van der Waals surface area contributed by atoms with Crippen LogP contribution in [0.5, 0.6) is 0 Å². The molecule has 2 aromatic carbocycles. The predicted octanol–water partition coefficient (Wildman–Crippen LogP) is 5.22. The second kappa shape index (κ2) is 11.1. The Morgan fingerprint density at radius 3 is 2.00 bits per heavy atom. The Bertz CT molecular complexity index is 1090. The molecule has 12 heteroatoms. The molecule has 0 bridgehead atoms. The molecule has 1 unspecified atom stereocenters. The number of carbonyl (C=O) groups excluding carboxylic acids is 1. The van der Waals surface area contributed by atoms with Crippen molar-refractivity contribution in [3.8, 4) is 0 Å². The maximum Gasteiger partial charge on any atom is 0.416 e. The third-order valence-electron chi connectivity index (χ3n) is 6.06. The maximum atomic E-state index is 13.3. The molecule has 0 aliphatic carbocycles. The second-order valence-corrected chi connectivity index (χ2v) is 8.70. The maximum absolute atomic E-state index is 13.3. The summed E-state index contributed by atoms with van der Waals surface area (Å²) in [5.41, 5.74) is -1.03. The van der Waals surface area contributed by atoms with E-state index in [1.807, 2.05) is 32.0 Å². The van der Waals surface area contributed by atoms with Crippen LogP contribution in [0.3, 0.4) is 0 Å². The van der Waals surface area contributed by atoms with Gasteiger partial charge < -0.3 is 10.0 Å². The number of hydrogen-bond acceptors (Lipinski definition) is 3. The van der Waals surface area contributed by atoms with E-state index in [0.29, 0.717) is 12.1 Å². The summed E-state index contributed by atoms with van der Waals surface area (Å²) < 4.78 is 79.8. The minimum Gasteiger partial charge on any atom is -0.480 e. The number of halogens is 7. The molecule has 1 N–H and O–H groups in total.